The third-order valence-corrected chi connectivity index (χ3v) is 3.65. The van der Waals surface area contributed by atoms with Crippen LogP contribution in [0.2, 0.25) is 0 Å². The highest BCUT2D eigenvalue weighted by atomic mass is 79.9. The number of hydrogen-bond donors (Lipinski definition) is 2. The van der Waals surface area contributed by atoms with Crippen LogP contribution in [0.4, 0.5) is 0 Å². The molecule has 1 unspecified atom stereocenters. The summed E-state index contributed by atoms with van der Waals surface area (Å²) in [6, 6.07) is 9.68. The lowest BCUT2D eigenvalue weighted by Gasteiger charge is -2.16. The lowest BCUT2D eigenvalue weighted by Crippen LogP contribution is -2.26. The molecule has 0 saturated heterocycles. The maximum atomic E-state index is 11.7. The zero-order valence-corrected chi connectivity index (χ0v) is 11.7. The van der Waals surface area contributed by atoms with Gasteiger partial charge < -0.3 is 4.98 Å². The van der Waals surface area contributed by atoms with E-state index in [1.165, 1.54) is 0 Å². The second-order valence-electron chi connectivity index (χ2n) is 4.12. The molecule has 0 aliphatic rings. The first-order valence-corrected chi connectivity index (χ1v) is 6.60. The van der Waals surface area contributed by atoms with Crippen LogP contribution in [0.1, 0.15) is 23.6 Å². The van der Waals surface area contributed by atoms with E-state index in [0.29, 0.717) is 16.6 Å². The second kappa shape index (κ2) is 5.84. The molecule has 1 aromatic carbocycles. The molecule has 0 fully saturated rings. The Labute approximate surface area is 118 Å². The molecule has 0 bridgehead atoms. The number of nitrogens with one attached hydrogen (secondary N) is 2. The number of benzene rings is 1. The molecule has 0 amide bonds. The summed E-state index contributed by atoms with van der Waals surface area (Å²) in [7, 11) is 0. The molecule has 1 heterocycles. The summed E-state index contributed by atoms with van der Waals surface area (Å²) >= 11 is 3.23. The van der Waals surface area contributed by atoms with Gasteiger partial charge in [-0.2, -0.15) is 0 Å². The zero-order chi connectivity index (χ0) is 13.8. The van der Waals surface area contributed by atoms with Crippen molar-refractivity contribution in [2.75, 3.05) is 0 Å². The average Bonchev–Trinajstić information content (AvgIpc) is 2.41. The maximum absolute atomic E-state index is 11.7. The molecular weight excluding hydrogens is 308 g/mol. The van der Waals surface area contributed by atoms with Gasteiger partial charge in [-0.3, -0.25) is 9.78 Å². The predicted octanol–water partition coefficient (Wildman–Crippen LogP) is 2.53. The number of H-pyrrole nitrogens is 2. The Bertz CT molecular complexity index is 689. The molecule has 0 spiro atoms. The van der Waals surface area contributed by atoms with Gasteiger partial charge in [0.25, 0.3) is 5.56 Å². The minimum absolute atomic E-state index is 0.108. The summed E-state index contributed by atoms with van der Waals surface area (Å²) in [5.74, 6) is -0.108. The SMILES string of the molecule is C=CCC(c1ccccc1)c1[nH]c(=O)[nH]c(=O)c1Br. The Kier molecular flexibility index (Phi) is 4.16. The second-order valence-corrected chi connectivity index (χ2v) is 4.92. The number of halogens is 1. The molecule has 5 heteroatoms. The minimum atomic E-state index is -0.506. The zero-order valence-electron chi connectivity index (χ0n) is 10.2. The van der Waals surface area contributed by atoms with E-state index in [9.17, 15) is 9.59 Å². The summed E-state index contributed by atoms with van der Waals surface area (Å²) in [5.41, 5.74) is 0.654. The van der Waals surface area contributed by atoms with Crippen LogP contribution in [0.25, 0.3) is 0 Å². The lowest BCUT2D eigenvalue weighted by atomic mass is 9.92. The minimum Gasteiger partial charge on any atom is -0.309 e. The highest BCUT2D eigenvalue weighted by molar-refractivity contribution is 9.10. The molecule has 0 aliphatic heterocycles. The van der Waals surface area contributed by atoms with E-state index in [4.69, 9.17) is 0 Å². The van der Waals surface area contributed by atoms with Gasteiger partial charge in [0.2, 0.25) is 0 Å². The fourth-order valence-electron chi connectivity index (χ4n) is 2.00. The monoisotopic (exact) mass is 320 g/mol. The van der Waals surface area contributed by atoms with E-state index in [-0.39, 0.29) is 5.92 Å². The van der Waals surface area contributed by atoms with Crippen molar-refractivity contribution in [3.8, 4) is 0 Å². The van der Waals surface area contributed by atoms with Crippen molar-refractivity contribution in [2.45, 2.75) is 12.3 Å². The Morgan fingerprint density at radius 3 is 2.53 bits per heavy atom. The van der Waals surface area contributed by atoms with Gasteiger partial charge in [0, 0.05) is 11.6 Å². The van der Waals surface area contributed by atoms with Gasteiger partial charge in [-0.15, -0.1) is 6.58 Å². The van der Waals surface area contributed by atoms with Gasteiger partial charge >= 0.3 is 5.69 Å². The fourth-order valence-corrected chi connectivity index (χ4v) is 2.48. The summed E-state index contributed by atoms with van der Waals surface area (Å²) < 4.78 is 0.350. The van der Waals surface area contributed by atoms with E-state index in [1.807, 2.05) is 30.3 Å². The van der Waals surface area contributed by atoms with Crippen LogP contribution < -0.4 is 11.2 Å². The Hall–Kier alpha value is -1.88. The standard InChI is InChI=1S/C14H13BrN2O2/c1-2-6-10(9-7-4-3-5-8-9)12-11(15)13(18)17-14(19)16-12/h2-5,7-8,10H,1,6H2,(H2,16,17,18,19). The molecule has 2 aromatic rings. The van der Waals surface area contributed by atoms with Gasteiger partial charge in [0.1, 0.15) is 4.47 Å². The van der Waals surface area contributed by atoms with Crippen LogP contribution in [0.15, 0.2) is 57.0 Å². The van der Waals surface area contributed by atoms with Crippen LogP contribution in [-0.2, 0) is 0 Å². The number of rotatable bonds is 4. The van der Waals surface area contributed by atoms with E-state index < -0.39 is 11.2 Å². The highest BCUT2D eigenvalue weighted by Gasteiger charge is 2.18. The van der Waals surface area contributed by atoms with Gasteiger partial charge in [-0.25, -0.2) is 4.79 Å². The lowest BCUT2D eigenvalue weighted by molar-refractivity contribution is 0.766. The van der Waals surface area contributed by atoms with Gasteiger partial charge in [0.05, 0.1) is 0 Å². The van der Waals surface area contributed by atoms with E-state index >= 15 is 0 Å². The molecule has 1 aromatic heterocycles. The van der Waals surface area contributed by atoms with Gasteiger partial charge in [-0.05, 0) is 27.9 Å². The van der Waals surface area contributed by atoms with Gasteiger partial charge in [0.15, 0.2) is 0 Å². The van der Waals surface area contributed by atoms with Gasteiger partial charge in [-0.1, -0.05) is 36.4 Å². The Morgan fingerprint density at radius 2 is 1.89 bits per heavy atom. The topological polar surface area (TPSA) is 65.7 Å². The molecule has 0 aliphatic carbocycles. The molecule has 19 heavy (non-hydrogen) atoms. The van der Waals surface area contributed by atoms with Crippen molar-refractivity contribution in [1.29, 1.82) is 0 Å². The third-order valence-electron chi connectivity index (χ3n) is 2.86. The van der Waals surface area contributed by atoms with Crippen molar-refractivity contribution in [2.24, 2.45) is 0 Å². The summed E-state index contributed by atoms with van der Waals surface area (Å²) in [6.07, 6.45) is 2.39. The molecule has 1 atom stereocenters. The molecule has 2 N–H and O–H groups in total. The summed E-state index contributed by atoms with van der Waals surface area (Å²) in [5, 5.41) is 0. The van der Waals surface area contributed by atoms with Crippen molar-refractivity contribution in [1.82, 2.24) is 9.97 Å². The van der Waals surface area contributed by atoms with Crippen LogP contribution in [-0.4, -0.2) is 9.97 Å². The number of aromatic nitrogens is 2. The maximum Gasteiger partial charge on any atom is 0.325 e. The molecular formula is C14H13BrN2O2. The largest absolute Gasteiger partial charge is 0.325 e. The molecule has 2 rings (SSSR count). The first-order valence-electron chi connectivity index (χ1n) is 5.81. The van der Waals surface area contributed by atoms with Crippen LogP contribution in [0.3, 0.4) is 0 Å². The van der Waals surface area contributed by atoms with Crippen molar-refractivity contribution < 1.29 is 0 Å². The average molecular weight is 321 g/mol. The first kappa shape index (κ1) is 13.5. The van der Waals surface area contributed by atoms with Crippen LogP contribution in [0, 0.1) is 0 Å². The summed E-state index contributed by atoms with van der Waals surface area (Å²) in [6.45, 7) is 3.73. The Balaban J connectivity index is 2.61. The number of allylic oxidation sites excluding steroid dienone is 1. The van der Waals surface area contributed by atoms with E-state index in [0.717, 1.165) is 5.56 Å². The normalized spacial score (nSPS) is 12.1. The van der Waals surface area contributed by atoms with E-state index in [2.05, 4.69) is 32.5 Å². The van der Waals surface area contributed by atoms with Crippen molar-refractivity contribution in [3.05, 3.63) is 79.6 Å². The van der Waals surface area contributed by atoms with Crippen molar-refractivity contribution in [3.63, 3.8) is 0 Å². The Morgan fingerprint density at radius 1 is 1.21 bits per heavy atom. The highest BCUT2D eigenvalue weighted by Crippen LogP contribution is 2.29. The van der Waals surface area contributed by atoms with Crippen LogP contribution >= 0.6 is 15.9 Å². The van der Waals surface area contributed by atoms with Crippen molar-refractivity contribution >= 4 is 15.9 Å². The molecule has 98 valence electrons. The smallest absolute Gasteiger partial charge is 0.309 e. The number of hydrogen-bond acceptors (Lipinski definition) is 2. The van der Waals surface area contributed by atoms with Crippen LogP contribution in [0.5, 0.6) is 0 Å². The summed E-state index contributed by atoms with van der Waals surface area (Å²) in [4.78, 5) is 28.0. The van der Waals surface area contributed by atoms with E-state index in [1.54, 1.807) is 6.08 Å². The molecule has 4 nitrogen and oxygen atoms in total. The third kappa shape index (κ3) is 2.93. The predicted molar refractivity (Wildman–Crippen MR) is 78.5 cm³/mol. The molecule has 0 saturated carbocycles. The fraction of sp³-hybridized carbons (Fsp3) is 0.143. The quantitative estimate of drug-likeness (QED) is 0.850. The first-order chi connectivity index (χ1) is 9.13. The molecule has 0 radical (unpaired) electrons. The number of aromatic amines is 2.